The Morgan fingerprint density at radius 1 is 1.00 bits per heavy atom. The zero-order valence-corrected chi connectivity index (χ0v) is 17.6. The molecule has 2 heterocycles. The average Bonchev–Trinajstić information content (AvgIpc) is 3.35. The van der Waals surface area contributed by atoms with E-state index in [4.69, 9.17) is 23.7 Å². The van der Waals surface area contributed by atoms with Crippen molar-refractivity contribution in [2.45, 2.75) is 35.9 Å². The summed E-state index contributed by atoms with van der Waals surface area (Å²) in [7, 11) is -0.990. The Morgan fingerprint density at radius 3 is 2.50 bits per heavy atom. The van der Waals surface area contributed by atoms with E-state index in [0.717, 1.165) is 5.56 Å². The van der Waals surface area contributed by atoms with Crippen LogP contribution in [-0.2, 0) is 30.8 Å². The Kier molecular flexibility index (Phi) is 6.26. The SMILES string of the molecule is COc1ccc(OC)c(S(=O)(=O)N[C@H]2CO[C@H]3[C@@H]2OC[C@H]3OCc2ccccc2)c1. The van der Waals surface area contributed by atoms with E-state index in [0.29, 0.717) is 19.0 Å². The molecule has 4 rings (SSSR count). The first kappa shape index (κ1) is 21.1. The standard InChI is InChI=1S/C21H25NO7S/c1-25-15-8-9-17(26-2)19(10-15)30(23,24)22-16-12-28-21-18(13-29-20(16)21)27-11-14-6-4-3-5-7-14/h3-10,16,18,20-22H,11-13H2,1-2H3/t16-,18+,20+,21+/m0/s1. The molecule has 0 saturated carbocycles. The maximum absolute atomic E-state index is 13.0. The van der Waals surface area contributed by atoms with E-state index in [9.17, 15) is 8.42 Å². The quantitative estimate of drug-likeness (QED) is 0.675. The molecule has 2 fully saturated rings. The van der Waals surface area contributed by atoms with Gasteiger partial charge >= 0.3 is 0 Å². The molecule has 0 amide bonds. The summed E-state index contributed by atoms with van der Waals surface area (Å²) in [5.74, 6) is 0.651. The minimum Gasteiger partial charge on any atom is -0.497 e. The van der Waals surface area contributed by atoms with Gasteiger partial charge in [0.15, 0.2) is 0 Å². The Morgan fingerprint density at radius 2 is 1.77 bits per heavy atom. The predicted molar refractivity (Wildman–Crippen MR) is 108 cm³/mol. The molecule has 8 nitrogen and oxygen atoms in total. The molecular formula is C21H25NO7S. The van der Waals surface area contributed by atoms with Crippen molar-refractivity contribution < 1.29 is 32.1 Å². The molecule has 4 atom stereocenters. The summed E-state index contributed by atoms with van der Waals surface area (Å²) in [5, 5.41) is 0. The fourth-order valence-corrected chi connectivity index (χ4v) is 5.16. The van der Waals surface area contributed by atoms with Gasteiger partial charge < -0.3 is 23.7 Å². The van der Waals surface area contributed by atoms with Gasteiger partial charge in [-0.1, -0.05) is 30.3 Å². The Bertz CT molecular complexity index is 967. The van der Waals surface area contributed by atoms with Gasteiger partial charge in [-0.15, -0.1) is 0 Å². The summed E-state index contributed by atoms with van der Waals surface area (Å²) >= 11 is 0. The number of hydrogen-bond acceptors (Lipinski definition) is 7. The van der Waals surface area contributed by atoms with Crippen molar-refractivity contribution in [3.8, 4) is 11.5 Å². The van der Waals surface area contributed by atoms with Crippen LogP contribution in [0.3, 0.4) is 0 Å². The van der Waals surface area contributed by atoms with Crippen LogP contribution in [0.5, 0.6) is 11.5 Å². The third-order valence-electron chi connectivity index (χ3n) is 5.28. The number of nitrogens with one attached hydrogen (secondary N) is 1. The van der Waals surface area contributed by atoms with Gasteiger partial charge in [-0.05, 0) is 17.7 Å². The highest BCUT2D eigenvalue weighted by Crippen LogP contribution is 2.32. The summed E-state index contributed by atoms with van der Waals surface area (Å²) in [4.78, 5) is 0.00248. The molecule has 0 bridgehead atoms. The van der Waals surface area contributed by atoms with E-state index in [1.54, 1.807) is 12.1 Å². The van der Waals surface area contributed by atoms with Crippen LogP contribution in [0.25, 0.3) is 0 Å². The molecule has 2 aromatic rings. The Hall–Kier alpha value is -2.17. The number of ether oxygens (including phenoxy) is 5. The summed E-state index contributed by atoms with van der Waals surface area (Å²) in [6, 6.07) is 13.9. The van der Waals surface area contributed by atoms with Crippen LogP contribution in [-0.4, -0.2) is 60.2 Å². The molecule has 0 aromatic heterocycles. The summed E-state index contributed by atoms with van der Waals surface area (Å²) in [6.45, 7) is 0.994. The minimum atomic E-state index is -3.89. The van der Waals surface area contributed by atoms with Crippen LogP contribution in [0, 0.1) is 0 Å². The topological polar surface area (TPSA) is 92.3 Å². The number of methoxy groups -OCH3 is 2. The first-order valence-corrected chi connectivity index (χ1v) is 11.1. The summed E-state index contributed by atoms with van der Waals surface area (Å²) in [6.07, 6.45) is -0.998. The molecule has 0 aliphatic carbocycles. The first-order chi connectivity index (χ1) is 14.5. The van der Waals surface area contributed by atoms with E-state index < -0.39 is 22.2 Å². The fraction of sp³-hybridized carbons (Fsp3) is 0.429. The third kappa shape index (κ3) is 4.30. The van der Waals surface area contributed by atoms with Crippen molar-refractivity contribution in [3.63, 3.8) is 0 Å². The lowest BCUT2D eigenvalue weighted by molar-refractivity contribution is -0.0391. The maximum Gasteiger partial charge on any atom is 0.244 e. The second-order valence-corrected chi connectivity index (χ2v) is 8.86. The van der Waals surface area contributed by atoms with Crippen LogP contribution in [0.4, 0.5) is 0 Å². The predicted octanol–water partition coefficient (Wildman–Crippen LogP) is 1.73. The van der Waals surface area contributed by atoms with Gasteiger partial charge in [0.2, 0.25) is 10.0 Å². The smallest absolute Gasteiger partial charge is 0.244 e. The van der Waals surface area contributed by atoms with Crippen LogP contribution < -0.4 is 14.2 Å². The molecule has 2 saturated heterocycles. The molecule has 0 radical (unpaired) electrons. The minimum absolute atomic E-state index is 0.00248. The number of sulfonamides is 1. The van der Waals surface area contributed by atoms with E-state index in [1.807, 2.05) is 30.3 Å². The second-order valence-electron chi connectivity index (χ2n) is 7.18. The lowest BCUT2D eigenvalue weighted by atomic mass is 10.1. The molecule has 0 spiro atoms. The normalized spacial score (nSPS) is 25.8. The monoisotopic (exact) mass is 435 g/mol. The number of fused-ring (bicyclic) bond motifs is 1. The maximum atomic E-state index is 13.0. The molecule has 1 N–H and O–H groups in total. The van der Waals surface area contributed by atoms with Crippen molar-refractivity contribution in [1.82, 2.24) is 4.72 Å². The highest BCUT2D eigenvalue weighted by molar-refractivity contribution is 7.89. The van der Waals surface area contributed by atoms with Gasteiger partial charge in [0.1, 0.15) is 34.7 Å². The van der Waals surface area contributed by atoms with Gasteiger partial charge in [0, 0.05) is 6.07 Å². The van der Waals surface area contributed by atoms with E-state index in [2.05, 4.69) is 4.72 Å². The zero-order valence-electron chi connectivity index (χ0n) is 16.8. The van der Waals surface area contributed by atoms with Gasteiger partial charge in [0.05, 0.1) is 40.1 Å². The molecule has 0 unspecified atom stereocenters. The largest absolute Gasteiger partial charge is 0.497 e. The summed E-state index contributed by atoms with van der Waals surface area (Å²) in [5.41, 5.74) is 1.06. The van der Waals surface area contributed by atoms with Crippen LogP contribution in [0.15, 0.2) is 53.4 Å². The van der Waals surface area contributed by atoms with Crippen LogP contribution in [0.1, 0.15) is 5.56 Å². The van der Waals surface area contributed by atoms with E-state index in [-0.39, 0.29) is 29.5 Å². The van der Waals surface area contributed by atoms with Crippen molar-refractivity contribution in [2.75, 3.05) is 27.4 Å². The van der Waals surface area contributed by atoms with Gasteiger partial charge in [-0.2, -0.15) is 0 Å². The lowest BCUT2D eigenvalue weighted by Crippen LogP contribution is -2.44. The number of hydrogen-bond donors (Lipinski definition) is 1. The lowest BCUT2D eigenvalue weighted by Gasteiger charge is -2.19. The number of rotatable bonds is 8. The molecule has 30 heavy (non-hydrogen) atoms. The van der Waals surface area contributed by atoms with Gasteiger partial charge in [0.25, 0.3) is 0 Å². The molecule has 2 aliphatic heterocycles. The molecule has 9 heteroatoms. The van der Waals surface area contributed by atoms with Crippen molar-refractivity contribution in [3.05, 3.63) is 54.1 Å². The second kappa shape index (κ2) is 8.91. The fourth-order valence-electron chi connectivity index (χ4n) is 3.74. The highest BCUT2D eigenvalue weighted by atomic mass is 32.2. The molecule has 162 valence electrons. The first-order valence-electron chi connectivity index (χ1n) is 9.65. The van der Waals surface area contributed by atoms with Crippen molar-refractivity contribution in [2.24, 2.45) is 0 Å². The third-order valence-corrected chi connectivity index (χ3v) is 6.79. The zero-order chi connectivity index (χ0) is 21.1. The Labute approximate surface area is 176 Å². The van der Waals surface area contributed by atoms with E-state index in [1.165, 1.54) is 20.3 Å². The molecule has 2 aromatic carbocycles. The van der Waals surface area contributed by atoms with Crippen LogP contribution >= 0.6 is 0 Å². The summed E-state index contributed by atoms with van der Waals surface area (Å²) < 4.78 is 56.8. The average molecular weight is 435 g/mol. The van der Waals surface area contributed by atoms with Crippen LogP contribution in [0.2, 0.25) is 0 Å². The highest BCUT2D eigenvalue weighted by Gasteiger charge is 2.49. The number of benzene rings is 2. The van der Waals surface area contributed by atoms with Crippen molar-refractivity contribution in [1.29, 1.82) is 0 Å². The van der Waals surface area contributed by atoms with E-state index >= 15 is 0 Å². The molecule has 2 aliphatic rings. The van der Waals surface area contributed by atoms with Gasteiger partial charge in [-0.3, -0.25) is 0 Å². The molecular weight excluding hydrogens is 410 g/mol. The Balaban J connectivity index is 1.43. The van der Waals surface area contributed by atoms with Crippen molar-refractivity contribution >= 4 is 10.0 Å². The van der Waals surface area contributed by atoms with Gasteiger partial charge in [-0.25, -0.2) is 13.1 Å².